The van der Waals surface area contributed by atoms with Crippen LogP contribution in [0.15, 0.2) is 48.5 Å². The molecule has 1 aromatic heterocycles. The Balaban J connectivity index is 1.36. The summed E-state index contributed by atoms with van der Waals surface area (Å²) in [6.07, 6.45) is 2.29. The van der Waals surface area contributed by atoms with Crippen molar-refractivity contribution in [1.82, 2.24) is 20.2 Å². The van der Waals surface area contributed by atoms with Crippen molar-refractivity contribution < 1.29 is 18.3 Å². The van der Waals surface area contributed by atoms with Crippen LogP contribution in [0, 0.1) is 0 Å². The first-order chi connectivity index (χ1) is 13.6. The molecular weight excluding hydrogens is 368 g/mol. The van der Waals surface area contributed by atoms with E-state index in [1.165, 1.54) is 12.1 Å². The van der Waals surface area contributed by atoms with E-state index in [9.17, 15) is 13.6 Å². The van der Waals surface area contributed by atoms with Crippen molar-refractivity contribution in [2.75, 3.05) is 5.32 Å². The van der Waals surface area contributed by atoms with Crippen molar-refractivity contribution in [3.8, 4) is 17.1 Å². The zero-order chi connectivity index (χ0) is 19.5. The highest BCUT2D eigenvalue weighted by atomic mass is 19.3. The predicted octanol–water partition coefficient (Wildman–Crippen LogP) is 3.46. The number of hydrogen-bond acceptors (Lipinski definition) is 5. The Morgan fingerprint density at radius 1 is 1.14 bits per heavy atom. The van der Waals surface area contributed by atoms with Crippen LogP contribution in [0.1, 0.15) is 24.4 Å². The number of aromatic nitrogens is 4. The van der Waals surface area contributed by atoms with Crippen LogP contribution in [0.5, 0.6) is 5.75 Å². The molecule has 0 aliphatic heterocycles. The summed E-state index contributed by atoms with van der Waals surface area (Å²) in [4.78, 5) is 12.2. The largest absolute Gasteiger partial charge is 0.435 e. The van der Waals surface area contributed by atoms with Gasteiger partial charge in [0.2, 0.25) is 5.91 Å². The lowest BCUT2D eigenvalue weighted by Gasteiger charge is -2.08. The van der Waals surface area contributed by atoms with Crippen molar-refractivity contribution in [3.63, 3.8) is 0 Å². The molecular formula is C19H17F2N5O2. The molecule has 0 radical (unpaired) electrons. The Labute approximate surface area is 159 Å². The van der Waals surface area contributed by atoms with E-state index in [1.807, 2.05) is 16.8 Å². The highest BCUT2D eigenvalue weighted by molar-refractivity contribution is 5.92. The van der Waals surface area contributed by atoms with Gasteiger partial charge in [-0.25, -0.2) is 4.68 Å². The molecule has 28 heavy (non-hydrogen) atoms. The van der Waals surface area contributed by atoms with Gasteiger partial charge in [-0.2, -0.15) is 8.78 Å². The molecule has 9 heteroatoms. The van der Waals surface area contributed by atoms with Crippen molar-refractivity contribution in [2.24, 2.45) is 0 Å². The van der Waals surface area contributed by atoms with E-state index in [2.05, 4.69) is 25.6 Å². The molecule has 1 aliphatic rings. The maximum absolute atomic E-state index is 12.2. The fourth-order valence-corrected chi connectivity index (χ4v) is 2.83. The van der Waals surface area contributed by atoms with E-state index in [1.54, 1.807) is 24.3 Å². The number of carbonyl (C=O) groups is 1. The Bertz CT molecular complexity index is 953. The summed E-state index contributed by atoms with van der Waals surface area (Å²) >= 11 is 0. The van der Waals surface area contributed by atoms with Gasteiger partial charge in [0.15, 0.2) is 5.82 Å². The molecule has 4 rings (SSSR count). The summed E-state index contributed by atoms with van der Waals surface area (Å²) in [5.41, 5.74) is 2.22. The monoisotopic (exact) mass is 385 g/mol. The Hall–Kier alpha value is -3.36. The standard InChI is InChI=1S/C19H17F2N5O2/c20-19(21)28-16-9-1-12(2-10-16)11-17(27)22-14-5-3-13(4-6-14)18-23-24-25-26(18)15-7-8-15/h1-6,9-10,15,19H,7-8,11H2,(H,22,27). The first kappa shape index (κ1) is 18.0. The van der Waals surface area contributed by atoms with Crippen LogP contribution in [0.4, 0.5) is 14.5 Å². The van der Waals surface area contributed by atoms with Crippen LogP contribution < -0.4 is 10.1 Å². The summed E-state index contributed by atoms with van der Waals surface area (Å²) in [5, 5.41) is 14.7. The number of halogens is 2. The van der Waals surface area contributed by atoms with Crippen molar-refractivity contribution in [2.45, 2.75) is 31.9 Å². The third kappa shape index (κ3) is 4.30. The van der Waals surface area contributed by atoms with Gasteiger partial charge in [0.05, 0.1) is 12.5 Å². The lowest BCUT2D eigenvalue weighted by molar-refractivity contribution is -0.115. The lowest BCUT2D eigenvalue weighted by atomic mass is 10.1. The minimum atomic E-state index is -2.87. The first-order valence-electron chi connectivity index (χ1n) is 8.80. The van der Waals surface area contributed by atoms with Gasteiger partial charge in [0.1, 0.15) is 5.75 Å². The van der Waals surface area contributed by atoms with E-state index in [0.29, 0.717) is 23.1 Å². The van der Waals surface area contributed by atoms with E-state index in [-0.39, 0.29) is 18.1 Å². The SMILES string of the molecule is O=C(Cc1ccc(OC(F)F)cc1)Nc1ccc(-c2nnnn2C2CC2)cc1. The molecule has 1 saturated carbocycles. The molecule has 0 spiro atoms. The highest BCUT2D eigenvalue weighted by Gasteiger charge is 2.28. The minimum Gasteiger partial charge on any atom is -0.435 e. The summed E-state index contributed by atoms with van der Waals surface area (Å²) in [7, 11) is 0. The topological polar surface area (TPSA) is 81.9 Å². The zero-order valence-electron chi connectivity index (χ0n) is 14.8. The molecule has 0 saturated heterocycles. The van der Waals surface area contributed by atoms with E-state index in [4.69, 9.17) is 0 Å². The van der Waals surface area contributed by atoms with Gasteiger partial charge < -0.3 is 10.1 Å². The quantitative estimate of drug-likeness (QED) is 0.674. The Morgan fingerprint density at radius 3 is 2.50 bits per heavy atom. The number of carbonyl (C=O) groups excluding carboxylic acids is 1. The number of nitrogens with zero attached hydrogens (tertiary/aromatic N) is 4. The lowest BCUT2D eigenvalue weighted by Crippen LogP contribution is -2.14. The number of hydrogen-bond donors (Lipinski definition) is 1. The van der Waals surface area contributed by atoms with Crippen molar-refractivity contribution >= 4 is 11.6 Å². The zero-order valence-corrected chi connectivity index (χ0v) is 14.8. The number of tetrazole rings is 1. The molecule has 2 aromatic carbocycles. The minimum absolute atomic E-state index is 0.0586. The fraction of sp³-hybridized carbons (Fsp3) is 0.263. The second kappa shape index (κ2) is 7.71. The van der Waals surface area contributed by atoms with Crippen LogP contribution >= 0.6 is 0 Å². The summed E-state index contributed by atoms with van der Waals surface area (Å²) in [6.45, 7) is -2.87. The molecule has 1 fully saturated rings. The van der Waals surface area contributed by atoms with Crippen LogP contribution in [0.2, 0.25) is 0 Å². The first-order valence-corrected chi connectivity index (χ1v) is 8.80. The van der Waals surface area contributed by atoms with Crippen LogP contribution in [0.25, 0.3) is 11.4 Å². The Kier molecular flexibility index (Phi) is 4.96. The normalized spacial score (nSPS) is 13.5. The number of ether oxygens (including phenoxy) is 1. The van der Waals surface area contributed by atoms with Gasteiger partial charge in [-0.1, -0.05) is 12.1 Å². The van der Waals surface area contributed by atoms with E-state index in [0.717, 1.165) is 18.4 Å². The number of anilines is 1. The molecule has 1 heterocycles. The molecule has 0 bridgehead atoms. The van der Waals surface area contributed by atoms with Crippen LogP contribution in [-0.2, 0) is 11.2 Å². The van der Waals surface area contributed by atoms with Gasteiger partial charge >= 0.3 is 6.61 Å². The smallest absolute Gasteiger partial charge is 0.387 e. The highest BCUT2D eigenvalue weighted by Crippen LogP contribution is 2.36. The maximum atomic E-state index is 12.2. The summed E-state index contributed by atoms with van der Waals surface area (Å²) < 4.78 is 30.4. The molecule has 1 N–H and O–H groups in total. The molecule has 7 nitrogen and oxygen atoms in total. The molecule has 1 aliphatic carbocycles. The molecule has 0 unspecified atom stereocenters. The van der Waals surface area contributed by atoms with E-state index < -0.39 is 6.61 Å². The Morgan fingerprint density at radius 2 is 1.86 bits per heavy atom. The van der Waals surface area contributed by atoms with Crippen molar-refractivity contribution in [3.05, 3.63) is 54.1 Å². The van der Waals surface area contributed by atoms with Crippen LogP contribution in [0.3, 0.4) is 0 Å². The maximum Gasteiger partial charge on any atom is 0.387 e. The molecule has 0 atom stereocenters. The summed E-state index contributed by atoms with van der Waals surface area (Å²) in [5.74, 6) is 0.563. The fourth-order valence-electron chi connectivity index (χ4n) is 2.83. The molecule has 144 valence electrons. The number of alkyl halides is 2. The second-order valence-electron chi connectivity index (χ2n) is 6.50. The number of amides is 1. The number of benzene rings is 2. The molecule has 3 aromatic rings. The third-order valence-corrected chi connectivity index (χ3v) is 4.33. The van der Waals surface area contributed by atoms with Gasteiger partial charge in [0, 0.05) is 11.3 Å². The third-order valence-electron chi connectivity index (χ3n) is 4.33. The average molecular weight is 385 g/mol. The molecule has 1 amide bonds. The van der Waals surface area contributed by atoms with Gasteiger partial charge in [-0.05, 0) is 65.2 Å². The van der Waals surface area contributed by atoms with Gasteiger partial charge in [0.25, 0.3) is 0 Å². The van der Waals surface area contributed by atoms with Crippen LogP contribution in [-0.4, -0.2) is 32.7 Å². The van der Waals surface area contributed by atoms with Crippen molar-refractivity contribution in [1.29, 1.82) is 0 Å². The van der Waals surface area contributed by atoms with Gasteiger partial charge in [-0.15, -0.1) is 5.10 Å². The number of nitrogens with one attached hydrogen (secondary N) is 1. The number of rotatable bonds is 7. The second-order valence-corrected chi connectivity index (χ2v) is 6.50. The van der Waals surface area contributed by atoms with Gasteiger partial charge in [-0.3, -0.25) is 4.79 Å². The average Bonchev–Trinajstić information content (AvgIpc) is 3.40. The predicted molar refractivity (Wildman–Crippen MR) is 96.9 cm³/mol. The van der Waals surface area contributed by atoms with E-state index >= 15 is 0 Å². The summed E-state index contributed by atoms with van der Waals surface area (Å²) in [6, 6.07) is 13.7.